The van der Waals surface area contributed by atoms with Gasteiger partial charge in [-0.05, 0) is 79.9 Å². The first-order valence-electron chi connectivity index (χ1n) is 12.9. The maximum atomic E-state index is 13.4. The Morgan fingerprint density at radius 3 is 2.17 bits per heavy atom. The summed E-state index contributed by atoms with van der Waals surface area (Å²) < 4.78 is 28.4. The number of hydrogen-bond acceptors (Lipinski definition) is 6. The highest BCUT2D eigenvalue weighted by Crippen LogP contribution is 2.22. The minimum absolute atomic E-state index is 0.00719. The van der Waals surface area contributed by atoms with Crippen molar-refractivity contribution in [2.75, 3.05) is 18.4 Å². The maximum Gasteiger partial charge on any atom is 0.265 e. The molecule has 208 valence electrons. The Labute approximate surface area is 238 Å². The highest BCUT2D eigenvalue weighted by Gasteiger charge is 2.33. The largest absolute Gasteiger partial charge is 0.343 e. The van der Waals surface area contributed by atoms with Gasteiger partial charge in [0, 0.05) is 23.7 Å². The Bertz CT molecular complexity index is 1640. The van der Waals surface area contributed by atoms with Crippen LogP contribution >= 0.6 is 11.3 Å². The monoisotopic (exact) mass is 577 g/mol. The van der Waals surface area contributed by atoms with Crippen molar-refractivity contribution in [2.24, 2.45) is 5.92 Å². The summed E-state index contributed by atoms with van der Waals surface area (Å²) >= 11 is 1.40. The van der Waals surface area contributed by atoms with E-state index in [9.17, 15) is 22.8 Å². The molecule has 0 radical (unpaired) electrons. The number of aryl methyl sites for hydroxylation is 1. The Morgan fingerprint density at radius 1 is 0.875 bits per heavy atom. The van der Waals surface area contributed by atoms with E-state index in [4.69, 9.17) is 0 Å². The summed E-state index contributed by atoms with van der Waals surface area (Å²) in [5.41, 5.74) is 1.21. The fourth-order valence-electron chi connectivity index (χ4n) is 4.35. The van der Waals surface area contributed by atoms with Crippen molar-refractivity contribution in [3.05, 3.63) is 94.2 Å². The van der Waals surface area contributed by atoms with Crippen LogP contribution in [0.5, 0.6) is 0 Å². The molecule has 3 aromatic carbocycles. The normalized spacial score (nSPS) is 12.1. The Kier molecular flexibility index (Phi) is 9.01. The molecular formula is C30H31N3O5S2. The average Bonchev–Trinajstić information content (AvgIpc) is 3.39. The Hall–Kier alpha value is -4.02. The highest BCUT2D eigenvalue weighted by atomic mass is 32.2. The van der Waals surface area contributed by atoms with Gasteiger partial charge in [0.25, 0.3) is 15.9 Å². The van der Waals surface area contributed by atoms with Gasteiger partial charge < -0.3 is 10.2 Å². The number of anilines is 1. The first-order chi connectivity index (χ1) is 19.1. The predicted octanol–water partition coefficient (Wildman–Crippen LogP) is 4.99. The lowest BCUT2D eigenvalue weighted by Gasteiger charge is -2.24. The van der Waals surface area contributed by atoms with Gasteiger partial charge in [0.05, 0.1) is 9.77 Å². The van der Waals surface area contributed by atoms with Gasteiger partial charge in [-0.15, -0.1) is 11.3 Å². The summed E-state index contributed by atoms with van der Waals surface area (Å²) in [5.74, 6) is -2.83. The second-order valence-corrected chi connectivity index (χ2v) is 12.3. The minimum atomic E-state index is -4.22. The lowest BCUT2D eigenvalue weighted by molar-refractivity contribution is -0.141. The number of fused-ring (bicyclic) bond motifs is 1. The molecule has 0 aliphatic rings. The van der Waals surface area contributed by atoms with Crippen molar-refractivity contribution in [1.29, 1.82) is 0 Å². The van der Waals surface area contributed by atoms with Crippen molar-refractivity contribution in [3.8, 4) is 0 Å². The average molecular weight is 578 g/mol. The summed E-state index contributed by atoms with van der Waals surface area (Å²) in [7, 11) is -4.22. The van der Waals surface area contributed by atoms with Crippen molar-refractivity contribution in [1.82, 2.24) is 9.62 Å². The topological polar surface area (TPSA) is 113 Å². The second kappa shape index (κ2) is 12.4. The van der Waals surface area contributed by atoms with E-state index in [1.165, 1.54) is 28.4 Å². The number of sulfonamides is 1. The number of nitrogens with zero attached hydrogens (tertiary/aromatic N) is 1. The second-order valence-electron chi connectivity index (χ2n) is 9.31. The summed E-state index contributed by atoms with van der Waals surface area (Å²) in [4.78, 5) is 42.2. The zero-order valence-corrected chi connectivity index (χ0v) is 24.1. The molecule has 0 bridgehead atoms. The summed E-state index contributed by atoms with van der Waals surface area (Å²) in [6.07, 6.45) is -0.00719. The van der Waals surface area contributed by atoms with Gasteiger partial charge in [0.2, 0.25) is 11.8 Å². The summed E-state index contributed by atoms with van der Waals surface area (Å²) in [6, 6.07) is 22.4. The predicted molar refractivity (Wildman–Crippen MR) is 158 cm³/mol. The molecule has 4 aromatic rings. The van der Waals surface area contributed by atoms with Crippen molar-refractivity contribution < 1.29 is 22.8 Å². The van der Waals surface area contributed by atoms with Gasteiger partial charge in [0.15, 0.2) is 0 Å². The number of amides is 3. The fraction of sp³-hybridized carbons (Fsp3) is 0.233. The van der Waals surface area contributed by atoms with Gasteiger partial charge >= 0.3 is 0 Å². The van der Waals surface area contributed by atoms with Crippen LogP contribution in [0.25, 0.3) is 10.8 Å². The van der Waals surface area contributed by atoms with E-state index in [0.29, 0.717) is 29.2 Å². The summed E-state index contributed by atoms with van der Waals surface area (Å²) in [6.45, 7) is 6.28. The zero-order chi connectivity index (χ0) is 28.9. The Balaban J connectivity index is 1.53. The summed E-state index contributed by atoms with van der Waals surface area (Å²) in [5, 5.41) is 4.42. The third-order valence-corrected chi connectivity index (χ3v) is 8.92. The molecule has 10 heteroatoms. The van der Waals surface area contributed by atoms with Gasteiger partial charge in [-0.2, -0.15) is 0 Å². The van der Waals surface area contributed by atoms with Gasteiger partial charge in [-0.25, -0.2) is 13.1 Å². The van der Waals surface area contributed by atoms with Crippen LogP contribution in [0, 0.1) is 12.8 Å². The maximum absolute atomic E-state index is 13.4. The molecule has 4 rings (SSSR count). The van der Waals surface area contributed by atoms with Crippen LogP contribution in [0.4, 0.5) is 5.69 Å². The van der Waals surface area contributed by atoms with E-state index < -0.39 is 27.8 Å². The lowest BCUT2D eigenvalue weighted by atomic mass is 9.97. The van der Waals surface area contributed by atoms with E-state index in [1.807, 2.05) is 25.1 Å². The van der Waals surface area contributed by atoms with Crippen LogP contribution in [0.3, 0.4) is 0 Å². The third kappa shape index (κ3) is 6.75. The van der Waals surface area contributed by atoms with Crippen molar-refractivity contribution in [3.63, 3.8) is 0 Å². The van der Waals surface area contributed by atoms with E-state index in [1.54, 1.807) is 62.4 Å². The van der Waals surface area contributed by atoms with Gasteiger partial charge in [-0.3, -0.25) is 14.4 Å². The molecule has 0 fully saturated rings. The smallest absolute Gasteiger partial charge is 0.265 e. The molecule has 0 aliphatic carbocycles. The number of thiophene rings is 1. The van der Waals surface area contributed by atoms with Crippen molar-refractivity contribution >= 4 is 55.5 Å². The number of carbonyl (C=O) groups is 3. The molecular weight excluding hydrogens is 546 g/mol. The molecule has 3 amide bonds. The van der Waals surface area contributed by atoms with Crippen LogP contribution in [0.2, 0.25) is 0 Å². The van der Waals surface area contributed by atoms with E-state index in [-0.39, 0.29) is 17.2 Å². The third-order valence-electron chi connectivity index (χ3n) is 6.57. The number of hydrogen-bond donors (Lipinski definition) is 2. The van der Waals surface area contributed by atoms with E-state index in [0.717, 1.165) is 15.6 Å². The van der Waals surface area contributed by atoms with Crippen LogP contribution in [-0.2, 0) is 26.0 Å². The number of nitrogens with one attached hydrogen (secondary N) is 2. The van der Waals surface area contributed by atoms with Crippen LogP contribution < -0.4 is 10.0 Å². The number of benzene rings is 3. The van der Waals surface area contributed by atoms with Crippen LogP contribution in [0.1, 0.15) is 34.0 Å². The molecule has 0 saturated heterocycles. The van der Waals surface area contributed by atoms with Crippen LogP contribution in [0.15, 0.2) is 83.8 Å². The first-order valence-corrected chi connectivity index (χ1v) is 15.2. The molecule has 0 saturated carbocycles. The highest BCUT2D eigenvalue weighted by molar-refractivity contribution is 7.90. The van der Waals surface area contributed by atoms with Gasteiger partial charge in [0.1, 0.15) is 5.92 Å². The number of rotatable bonds is 10. The van der Waals surface area contributed by atoms with E-state index in [2.05, 4.69) is 10.0 Å². The van der Waals surface area contributed by atoms with Crippen LogP contribution in [-0.4, -0.2) is 44.1 Å². The zero-order valence-electron chi connectivity index (χ0n) is 22.5. The number of carbonyl (C=O) groups excluding carboxylic acids is 3. The first kappa shape index (κ1) is 29.0. The lowest BCUT2D eigenvalue weighted by Crippen LogP contribution is -2.46. The molecule has 1 heterocycles. The molecule has 2 N–H and O–H groups in total. The molecule has 0 spiro atoms. The fourth-order valence-corrected chi connectivity index (χ4v) is 6.17. The van der Waals surface area contributed by atoms with Gasteiger partial charge in [-0.1, -0.05) is 42.5 Å². The molecule has 1 unspecified atom stereocenters. The molecule has 8 nitrogen and oxygen atoms in total. The quantitative estimate of drug-likeness (QED) is 0.258. The molecule has 1 aromatic heterocycles. The molecule has 40 heavy (non-hydrogen) atoms. The van der Waals surface area contributed by atoms with Crippen molar-refractivity contribution in [2.45, 2.75) is 32.1 Å². The molecule has 0 aliphatic heterocycles. The van der Waals surface area contributed by atoms with E-state index >= 15 is 0 Å². The minimum Gasteiger partial charge on any atom is -0.343 e. The Morgan fingerprint density at radius 2 is 1.55 bits per heavy atom. The SMILES string of the molecule is CCN(CC)C(=O)C(Cc1ccc(NC(=O)c2ccc(C)s2)cc1)C(=O)NS(=O)(=O)c1ccc2ccccc2c1. The molecule has 1 atom stereocenters. The standard InChI is InChI=1S/C30H31N3O5S2/c1-4-33(5-2)30(36)26(18-21-11-14-24(15-12-21)31-29(35)27-17-10-20(3)39-27)28(34)32-40(37,38)25-16-13-22-8-6-7-9-23(22)19-25/h6-17,19,26H,4-5,18H2,1-3H3,(H,31,35)(H,32,34).